The molecule has 0 amide bonds. The molecule has 3 aromatic heterocycles. The van der Waals surface area contributed by atoms with Gasteiger partial charge in [0.1, 0.15) is 22.2 Å². The quantitative estimate of drug-likeness (QED) is 0.209. The summed E-state index contributed by atoms with van der Waals surface area (Å²) in [5.41, 5.74) is 3.04. The molecular weight excluding hydrogens is 602 g/mol. The third kappa shape index (κ3) is 5.02. The molecule has 1 saturated heterocycles. The van der Waals surface area contributed by atoms with Crippen molar-refractivity contribution >= 4 is 28.5 Å². The number of fused-ring (bicyclic) bond motifs is 1. The minimum absolute atomic E-state index is 0.0337. The van der Waals surface area contributed by atoms with Gasteiger partial charge in [0.2, 0.25) is 0 Å². The topological polar surface area (TPSA) is 99.2 Å². The Labute approximate surface area is 261 Å². The summed E-state index contributed by atoms with van der Waals surface area (Å²) in [6.45, 7) is 4.13. The van der Waals surface area contributed by atoms with Crippen molar-refractivity contribution in [1.82, 2.24) is 19.3 Å². The Kier molecular flexibility index (Phi) is 7.29. The Morgan fingerprint density at radius 1 is 1.07 bits per heavy atom. The number of aromatic carboxylic acids is 1. The van der Waals surface area contributed by atoms with Gasteiger partial charge in [-0.3, -0.25) is 14.3 Å². The number of ether oxygens (including phenoxy) is 1. The van der Waals surface area contributed by atoms with E-state index in [1.165, 1.54) is 35.2 Å². The fraction of sp³-hybridized carbons (Fsp3) is 0.294. The van der Waals surface area contributed by atoms with Gasteiger partial charge in [-0.05, 0) is 98.4 Å². The van der Waals surface area contributed by atoms with Gasteiger partial charge < -0.3 is 9.84 Å². The third-order valence-corrected chi connectivity index (χ3v) is 9.30. The summed E-state index contributed by atoms with van der Waals surface area (Å²) in [5, 5.41) is 14.6. The van der Waals surface area contributed by atoms with Crippen LogP contribution in [0, 0.1) is 25.5 Å². The zero-order valence-corrected chi connectivity index (χ0v) is 25.3. The lowest BCUT2D eigenvalue weighted by Gasteiger charge is -2.23. The number of hydrogen-bond donors (Lipinski definition) is 1. The molecule has 230 valence electrons. The zero-order valence-electron chi connectivity index (χ0n) is 24.6. The number of benzene rings is 2. The first kappa shape index (κ1) is 29.3. The van der Waals surface area contributed by atoms with E-state index in [9.17, 15) is 19.1 Å². The van der Waals surface area contributed by atoms with Crippen molar-refractivity contribution in [3.63, 3.8) is 0 Å². The summed E-state index contributed by atoms with van der Waals surface area (Å²) >= 11 is 6.71. The largest absolute Gasteiger partial charge is 0.478 e. The first-order valence-corrected chi connectivity index (χ1v) is 15.2. The van der Waals surface area contributed by atoms with Gasteiger partial charge in [0.15, 0.2) is 6.23 Å². The van der Waals surface area contributed by atoms with E-state index < -0.39 is 29.1 Å². The highest BCUT2D eigenvalue weighted by atomic mass is 35.5. The molecule has 1 aliphatic carbocycles. The minimum atomic E-state index is -1.43. The lowest BCUT2D eigenvalue weighted by atomic mass is 10.0. The SMILES string of the molecule is Cc1cnc(-c2cc3c(cnn3C3CCCCO3)c(C(=O)O)c2F)cc1-n1c(C)cc([C@@H]2CC2c2ccc(F)cc2)c(Cl)c1=O. The van der Waals surface area contributed by atoms with Gasteiger partial charge in [0.05, 0.1) is 23.1 Å². The first-order chi connectivity index (χ1) is 21.6. The highest BCUT2D eigenvalue weighted by Crippen LogP contribution is 2.55. The second kappa shape index (κ2) is 11.2. The molecule has 2 unspecified atom stereocenters. The lowest BCUT2D eigenvalue weighted by Crippen LogP contribution is -2.23. The Hall–Kier alpha value is -4.41. The number of aryl methyl sites for hydroxylation is 2. The molecule has 5 aromatic rings. The van der Waals surface area contributed by atoms with Crippen molar-refractivity contribution in [1.29, 1.82) is 0 Å². The van der Waals surface area contributed by atoms with Crippen molar-refractivity contribution in [2.45, 2.75) is 57.6 Å². The smallest absolute Gasteiger partial charge is 0.339 e. The number of aromatic nitrogens is 4. The van der Waals surface area contributed by atoms with Gasteiger partial charge in [0.25, 0.3) is 5.56 Å². The van der Waals surface area contributed by atoms with Crippen molar-refractivity contribution in [3.05, 3.63) is 110 Å². The number of hydrogen-bond acceptors (Lipinski definition) is 5. The summed E-state index contributed by atoms with van der Waals surface area (Å²) in [4.78, 5) is 30.5. The number of nitrogens with zero attached hydrogens (tertiary/aromatic N) is 4. The van der Waals surface area contributed by atoms with E-state index in [2.05, 4.69) is 10.1 Å². The van der Waals surface area contributed by atoms with Gasteiger partial charge in [-0.1, -0.05) is 23.7 Å². The average molecular weight is 631 g/mol. The average Bonchev–Trinajstić information content (AvgIpc) is 3.71. The summed E-state index contributed by atoms with van der Waals surface area (Å²) in [6.07, 6.45) is 5.82. The molecular formula is C34H29ClF2N4O4. The molecule has 1 N–H and O–H groups in total. The van der Waals surface area contributed by atoms with E-state index in [0.29, 0.717) is 35.5 Å². The molecule has 7 rings (SSSR count). The number of carboxylic acids is 1. The number of carbonyl (C=O) groups is 1. The maximum Gasteiger partial charge on any atom is 0.339 e. The first-order valence-electron chi connectivity index (χ1n) is 14.8. The molecule has 8 nitrogen and oxygen atoms in total. The van der Waals surface area contributed by atoms with Crippen LogP contribution in [0.3, 0.4) is 0 Å². The van der Waals surface area contributed by atoms with E-state index >= 15 is 4.39 Å². The van der Waals surface area contributed by atoms with Crippen LogP contribution in [0.5, 0.6) is 0 Å². The van der Waals surface area contributed by atoms with Crippen molar-refractivity contribution in [2.24, 2.45) is 0 Å². The summed E-state index contributed by atoms with van der Waals surface area (Å²) in [7, 11) is 0. The fourth-order valence-corrected chi connectivity index (χ4v) is 6.80. The van der Waals surface area contributed by atoms with Crippen LogP contribution < -0.4 is 5.56 Å². The molecule has 2 aliphatic rings. The van der Waals surface area contributed by atoms with Crippen LogP contribution >= 0.6 is 11.6 Å². The molecule has 1 aliphatic heterocycles. The van der Waals surface area contributed by atoms with Crippen molar-refractivity contribution in [2.75, 3.05) is 6.61 Å². The monoisotopic (exact) mass is 630 g/mol. The third-order valence-electron chi connectivity index (χ3n) is 8.92. The van der Waals surface area contributed by atoms with Crippen LogP contribution in [-0.4, -0.2) is 37.0 Å². The molecule has 1 saturated carbocycles. The summed E-state index contributed by atoms with van der Waals surface area (Å²) in [5.74, 6) is -2.50. The Morgan fingerprint density at radius 3 is 2.56 bits per heavy atom. The maximum atomic E-state index is 16.0. The van der Waals surface area contributed by atoms with Crippen LogP contribution in [0.4, 0.5) is 8.78 Å². The fourth-order valence-electron chi connectivity index (χ4n) is 6.53. The van der Waals surface area contributed by atoms with Gasteiger partial charge >= 0.3 is 5.97 Å². The second-order valence-corrected chi connectivity index (χ2v) is 12.2. The van der Waals surface area contributed by atoms with Crippen LogP contribution in [0.15, 0.2) is 59.7 Å². The van der Waals surface area contributed by atoms with E-state index in [1.54, 1.807) is 36.7 Å². The Balaban J connectivity index is 1.32. The maximum absolute atomic E-state index is 16.0. The van der Waals surface area contributed by atoms with Crippen LogP contribution in [0.2, 0.25) is 5.02 Å². The van der Waals surface area contributed by atoms with Gasteiger partial charge in [-0.25, -0.2) is 18.3 Å². The molecule has 0 spiro atoms. The predicted octanol–water partition coefficient (Wildman–Crippen LogP) is 7.47. The number of halogens is 3. The Morgan fingerprint density at radius 2 is 1.84 bits per heavy atom. The number of pyridine rings is 2. The number of rotatable bonds is 6. The predicted molar refractivity (Wildman–Crippen MR) is 165 cm³/mol. The van der Waals surface area contributed by atoms with E-state index in [1.807, 2.05) is 6.07 Å². The molecule has 0 radical (unpaired) electrons. The lowest BCUT2D eigenvalue weighted by molar-refractivity contribution is -0.0366. The van der Waals surface area contributed by atoms with Crippen LogP contribution in [-0.2, 0) is 4.74 Å². The molecule has 11 heteroatoms. The van der Waals surface area contributed by atoms with Gasteiger partial charge in [0, 0.05) is 29.4 Å². The molecule has 4 heterocycles. The summed E-state index contributed by atoms with van der Waals surface area (Å²) < 4.78 is 38.4. The zero-order chi connectivity index (χ0) is 31.6. The van der Waals surface area contributed by atoms with Gasteiger partial charge in [-0.15, -0.1) is 0 Å². The van der Waals surface area contributed by atoms with E-state index in [0.717, 1.165) is 30.4 Å². The van der Waals surface area contributed by atoms with Gasteiger partial charge in [-0.2, -0.15) is 5.10 Å². The molecule has 2 aromatic carbocycles. The molecule has 0 bridgehead atoms. The standard InChI is InChI=1S/C34H29ClF2N4O4/c1-17-15-38-26(24-13-28-25(30(32(24)37)34(43)44)16-39-41(28)29-5-3-4-10-45-29)14-27(17)40-18(2)11-23(31(35)33(40)42)22-12-21(22)19-6-8-20(36)9-7-19/h6-9,11,13-16,21-22,29H,3-5,10,12H2,1-2H3,(H,43,44)/t21?,22-,29?/m1/s1. The molecule has 45 heavy (non-hydrogen) atoms. The molecule has 2 fully saturated rings. The van der Waals surface area contributed by atoms with Crippen molar-refractivity contribution in [3.8, 4) is 16.9 Å². The van der Waals surface area contributed by atoms with Crippen LogP contribution in [0.1, 0.15) is 76.5 Å². The molecule has 3 atom stereocenters. The Bertz CT molecular complexity index is 2050. The van der Waals surface area contributed by atoms with Crippen LogP contribution in [0.25, 0.3) is 27.8 Å². The van der Waals surface area contributed by atoms with Crippen molar-refractivity contribution < 1.29 is 23.4 Å². The highest BCUT2D eigenvalue weighted by molar-refractivity contribution is 6.31. The van der Waals surface area contributed by atoms with E-state index in [4.69, 9.17) is 16.3 Å². The summed E-state index contributed by atoms with van der Waals surface area (Å²) in [6, 6.07) is 11.4. The normalized spacial score (nSPS) is 19.6. The minimum Gasteiger partial charge on any atom is -0.478 e. The highest BCUT2D eigenvalue weighted by Gasteiger charge is 2.41. The number of carboxylic acid groups (broad SMARTS) is 1. The second-order valence-electron chi connectivity index (χ2n) is 11.8. The van der Waals surface area contributed by atoms with E-state index in [-0.39, 0.29) is 39.3 Å².